The molecule has 1 aliphatic heterocycles. The van der Waals surface area contributed by atoms with Gasteiger partial charge in [-0.2, -0.15) is 0 Å². The van der Waals surface area contributed by atoms with Crippen LogP contribution in [0.3, 0.4) is 0 Å². The van der Waals surface area contributed by atoms with Crippen LogP contribution < -0.4 is 0 Å². The summed E-state index contributed by atoms with van der Waals surface area (Å²) in [5.74, 6) is 1.72. The van der Waals surface area contributed by atoms with E-state index in [1.165, 1.54) is 11.1 Å². The summed E-state index contributed by atoms with van der Waals surface area (Å²) in [6.45, 7) is 5.11. The maximum atomic E-state index is 5.76. The number of aromatic nitrogens is 4. The van der Waals surface area contributed by atoms with E-state index in [9.17, 15) is 0 Å². The first kappa shape index (κ1) is 17.2. The zero-order valence-corrected chi connectivity index (χ0v) is 15.9. The summed E-state index contributed by atoms with van der Waals surface area (Å²) in [4.78, 5) is 4.24. The molecule has 0 saturated carbocycles. The fourth-order valence-corrected chi connectivity index (χ4v) is 4.27. The van der Waals surface area contributed by atoms with Gasteiger partial charge in [0.2, 0.25) is 0 Å². The van der Waals surface area contributed by atoms with Gasteiger partial charge in [-0.15, -0.1) is 10.2 Å². The van der Waals surface area contributed by atoms with E-state index in [1.807, 2.05) is 18.3 Å². The predicted molar refractivity (Wildman–Crippen MR) is 104 cm³/mol. The summed E-state index contributed by atoms with van der Waals surface area (Å²) in [5, 5.41) is 9.86. The Hall–Kier alpha value is -2.18. The smallest absolute Gasteiger partial charge is 0.196 e. The maximum absolute atomic E-state index is 5.76. The van der Waals surface area contributed by atoms with Crippen molar-refractivity contribution in [3.63, 3.8) is 0 Å². The third-order valence-corrected chi connectivity index (χ3v) is 5.63. The van der Waals surface area contributed by atoms with Gasteiger partial charge >= 0.3 is 0 Å². The van der Waals surface area contributed by atoms with Gasteiger partial charge in [-0.25, -0.2) is 0 Å². The molecular weight excluding hydrogens is 344 g/mol. The number of ether oxygens (including phenoxy) is 1. The lowest BCUT2D eigenvalue weighted by molar-refractivity contribution is 0.129. The molecule has 2 aromatic heterocycles. The number of aryl methyl sites for hydroxylation is 2. The molecule has 4 rings (SSSR count). The standard InChI is InChI=1S/C20H22N4OS/c1-14-7-8-18(15(2)11-14)24-19(16-5-3-9-21-12-16)22-23-20(24)26-13-17-6-4-10-25-17/h3,5,7-9,11-12,17H,4,6,10,13H2,1-2H3/t17-/m1/s1. The second kappa shape index (κ2) is 7.60. The highest BCUT2D eigenvalue weighted by Gasteiger charge is 2.21. The van der Waals surface area contributed by atoms with Gasteiger partial charge in [0, 0.05) is 30.3 Å². The normalized spacial score (nSPS) is 16.9. The third kappa shape index (κ3) is 3.52. The molecule has 3 aromatic rings. The van der Waals surface area contributed by atoms with E-state index in [1.54, 1.807) is 18.0 Å². The van der Waals surface area contributed by atoms with E-state index in [4.69, 9.17) is 4.74 Å². The minimum absolute atomic E-state index is 0.311. The summed E-state index contributed by atoms with van der Waals surface area (Å²) >= 11 is 1.71. The minimum Gasteiger partial charge on any atom is -0.377 e. The number of thioether (sulfide) groups is 1. The molecule has 0 bridgehead atoms. The number of hydrogen-bond acceptors (Lipinski definition) is 5. The lowest BCUT2D eigenvalue weighted by atomic mass is 10.1. The van der Waals surface area contributed by atoms with Gasteiger partial charge in [-0.1, -0.05) is 29.5 Å². The molecule has 1 atom stereocenters. The third-order valence-electron chi connectivity index (χ3n) is 4.57. The highest BCUT2D eigenvalue weighted by atomic mass is 32.2. The van der Waals surface area contributed by atoms with Gasteiger partial charge in [-0.3, -0.25) is 9.55 Å². The average molecular weight is 366 g/mol. The molecule has 1 aromatic carbocycles. The quantitative estimate of drug-likeness (QED) is 0.633. The Morgan fingerprint density at radius 2 is 2.15 bits per heavy atom. The van der Waals surface area contributed by atoms with Crippen LogP contribution in [0.2, 0.25) is 0 Å². The highest BCUT2D eigenvalue weighted by Crippen LogP contribution is 2.31. The number of hydrogen-bond donors (Lipinski definition) is 0. The van der Waals surface area contributed by atoms with Crippen LogP contribution in [0.25, 0.3) is 17.1 Å². The molecule has 0 radical (unpaired) electrons. The fraction of sp³-hybridized carbons (Fsp3) is 0.350. The van der Waals surface area contributed by atoms with Gasteiger partial charge in [0.1, 0.15) is 0 Å². The van der Waals surface area contributed by atoms with Crippen LogP contribution in [0.15, 0.2) is 47.9 Å². The van der Waals surface area contributed by atoms with Crippen molar-refractivity contribution in [1.29, 1.82) is 0 Å². The molecular formula is C20H22N4OS. The topological polar surface area (TPSA) is 52.8 Å². The number of nitrogens with zero attached hydrogens (tertiary/aromatic N) is 4. The van der Waals surface area contributed by atoms with Gasteiger partial charge in [0.15, 0.2) is 11.0 Å². The molecule has 1 aliphatic rings. The Bertz CT molecular complexity index is 888. The van der Waals surface area contributed by atoms with Crippen LogP contribution in [-0.2, 0) is 4.74 Å². The summed E-state index contributed by atoms with van der Waals surface area (Å²) in [7, 11) is 0. The minimum atomic E-state index is 0.311. The van der Waals surface area contributed by atoms with E-state index in [0.29, 0.717) is 6.10 Å². The van der Waals surface area contributed by atoms with Crippen LogP contribution in [0.4, 0.5) is 0 Å². The first-order chi connectivity index (χ1) is 12.7. The molecule has 3 heterocycles. The molecule has 0 unspecified atom stereocenters. The zero-order chi connectivity index (χ0) is 17.9. The van der Waals surface area contributed by atoms with Crippen LogP contribution in [-0.4, -0.2) is 38.2 Å². The molecule has 1 fully saturated rings. The van der Waals surface area contributed by atoms with Crippen molar-refractivity contribution in [2.45, 2.75) is 37.9 Å². The summed E-state index contributed by atoms with van der Waals surface area (Å²) < 4.78 is 7.91. The first-order valence-corrected chi connectivity index (χ1v) is 9.89. The fourth-order valence-electron chi connectivity index (χ4n) is 3.26. The molecule has 134 valence electrons. The number of rotatable bonds is 5. The van der Waals surface area contributed by atoms with Crippen molar-refractivity contribution in [2.24, 2.45) is 0 Å². The van der Waals surface area contributed by atoms with Crippen LogP contribution in [0.5, 0.6) is 0 Å². The Balaban J connectivity index is 1.75. The van der Waals surface area contributed by atoms with Gasteiger partial charge in [-0.05, 0) is 50.5 Å². The molecule has 0 N–H and O–H groups in total. The van der Waals surface area contributed by atoms with Crippen molar-refractivity contribution in [3.8, 4) is 17.1 Å². The van der Waals surface area contributed by atoms with Crippen LogP contribution >= 0.6 is 11.8 Å². The van der Waals surface area contributed by atoms with Crippen molar-refractivity contribution < 1.29 is 4.74 Å². The molecule has 0 spiro atoms. The average Bonchev–Trinajstić information content (AvgIpc) is 3.30. The van der Waals surface area contributed by atoms with Crippen molar-refractivity contribution >= 4 is 11.8 Å². The second-order valence-electron chi connectivity index (χ2n) is 6.62. The summed E-state index contributed by atoms with van der Waals surface area (Å²) in [6, 6.07) is 10.4. The van der Waals surface area contributed by atoms with Crippen molar-refractivity contribution in [3.05, 3.63) is 53.9 Å². The molecule has 0 amide bonds. The first-order valence-electron chi connectivity index (χ1n) is 8.90. The summed E-state index contributed by atoms with van der Waals surface area (Å²) in [5.41, 5.74) is 4.52. The lowest BCUT2D eigenvalue weighted by Gasteiger charge is -2.14. The second-order valence-corrected chi connectivity index (χ2v) is 7.61. The molecule has 0 aliphatic carbocycles. The monoisotopic (exact) mass is 366 g/mol. The van der Waals surface area contributed by atoms with Gasteiger partial charge < -0.3 is 4.74 Å². The lowest BCUT2D eigenvalue weighted by Crippen LogP contribution is -2.09. The van der Waals surface area contributed by atoms with Gasteiger partial charge in [0.25, 0.3) is 0 Å². The van der Waals surface area contributed by atoms with Gasteiger partial charge in [0.05, 0.1) is 11.8 Å². The molecule has 1 saturated heterocycles. The zero-order valence-electron chi connectivity index (χ0n) is 15.1. The Labute approximate surface area is 157 Å². The molecule has 26 heavy (non-hydrogen) atoms. The van der Waals surface area contributed by atoms with E-state index in [-0.39, 0.29) is 0 Å². The Kier molecular flexibility index (Phi) is 5.04. The van der Waals surface area contributed by atoms with E-state index < -0.39 is 0 Å². The van der Waals surface area contributed by atoms with E-state index in [2.05, 4.69) is 51.8 Å². The van der Waals surface area contributed by atoms with Crippen LogP contribution in [0, 0.1) is 13.8 Å². The number of benzene rings is 1. The van der Waals surface area contributed by atoms with Crippen molar-refractivity contribution in [1.82, 2.24) is 19.7 Å². The van der Waals surface area contributed by atoms with Crippen LogP contribution in [0.1, 0.15) is 24.0 Å². The highest BCUT2D eigenvalue weighted by molar-refractivity contribution is 7.99. The SMILES string of the molecule is Cc1ccc(-n2c(SC[C@H]3CCCO3)nnc2-c2cccnc2)c(C)c1. The van der Waals surface area contributed by atoms with E-state index in [0.717, 1.165) is 47.4 Å². The number of pyridine rings is 1. The summed E-state index contributed by atoms with van der Waals surface area (Å²) in [6.07, 6.45) is 6.19. The largest absolute Gasteiger partial charge is 0.377 e. The van der Waals surface area contributed by atoms with E-state index >= 15 is 0 Å². The molecule has 5 nitrogen and oxygen atoms in total. The Morgan fingerprint density at radius 1 is 1.23 bits per heavy atom. The van der Waals surface area contributed by atoms with Crippen molar-refractivity contribution in [2.75, 3.05) is 12.4 Å². The predicted octanol–water partition coefficient (Wildman–Crippen LogP) is 4.22. The maximum Gasteiger partial charge on any atom is 0.196 e. The molecule has 6 heteroatoms. The Morgan fingerprint density at radius 3 is 2.88 bits per heavy atom.